The van der Waals surface area contributed by atoms with Crippen LogP contribution in [0.5, 0.6) is 0 Å². The number of hydrogen-bond acceptors (Lipinski definition) is 5. The number of oxime groups is 1. The Labute approximate surface area is 183 Å². The number of rotatable bonds is 10. The molecule has 9 heteroatoms. The molecule has 2 amide bonds. The fraction of sp³-hybridized carbons (Fsp3) is 0.571. The van der Waals surface area contributed by atoms with Crippen molar-refractivity contribution < 1.29 is 19.2 Å². The van der Waals surface area contributed by atoms with E-state index >= 15 is 0 Å². The van der Waals surface area contributed by atoms with Crippen LogP contribution in [0.3, 0.4) is 0 Å². The summed E-state index contributed by atoms with van der Waals surface area (Å²) in [5.41, 5.74) is 6.40. The zero-order valence-electron chi connectivity index (χ0n) is 18.3. The van der Waals surface area contributed by atoms with E-state index in [1.165, 1.54) is 0 Å². The highest BCUT2D eigenvalue weighted by molar-refractivity contribution is 6.30. The third kappa shape index (κ3) is 11.5. The fourth-order valence-corrected chi connectivity index (χ4v) is 2.58. The molecule has 8 nitrogen and oxygen atoms in total. The van der Waals surface area contributed by atoms with Crippen molar-refractivity contribution in [2.24, 2.45) is 16.8 Å². The smallest absolute Gasteiger partial charge is 0.408 e. The van der Waals surface area contributed by atoms with Gasteiger partial charge in [-0.2, -0.15) is 0 Å². The van der Waals surface area contributed by atoms with E-state index in [1.807, 2.05) is 26.0 Å². The van der Waals surface area contributed by atoms with Crippen molar-refractivity contribution in [1.29, 1.82) is 0 Å². The lowest BCUT2D eigenvalue weighted by Crippen LogP contribution is -2.47. The Kier molecular flexibility index (Phi) is 10.5. The molecule has 0 aromatic heterocycles. The molecule has 0 spiro atoms. The number of amidine groups is 1. The number of ether oxygens (including phenoxy) is 1. The monoisotopic (exact) mass is 440 g/mol. The highest BCUT2D eigenvalue weighted by Gasteiger charge is 2.23. The van der Waals surface area contributed by atoms with Gasteiger partial charge in [0.25, 0.3) is 5.91 Å². The van der Waals surface area contributed by atoms with E-state index in [9.17, 15) is 9.59 Å². The topological polar surface area (TPSA) is 115 Å². The summed E-state index contributed by atoms with van der Waals surface area (Å²) < 4.78 is 5.26. The molecule has 0 aliphatic carbocycles. The van der Waals surface area contributed by atoms with Gasteiger partial charge in [-0.25, -0.2) is 4.79 Å². The van der Waals surface area contributed by atoms with E-state index < -0.39 is 17.7 Å². The summed E-state index contributed by atoms with van der Waals surface area (Å²) in [5, 5.41) is 9.90. The van der Waals surface area contributed by atoms with E-state index in [1.54, 1.807) is 32.9 Å². The largest absolute Gasteiger partial charge is 0.444 e. The Morgan fingerprint density at radius 1 is 1.20 bits per heavy atom. The van der Waals surface area contributed by atoms with Gasteiger partial charge in [-0.15, -0.1) is 0 Å². The first-order valence-electron chi connectivity index (χ1n) is 9.92. The standard InChI is InChI=1S/C21H33ClN4O4/c1-14(2)12-17(25-20(28)30-21(3,4)5)19(23)26-29-13-18(27)24-11-10-15-6-8-16(22)9-7-15/h6-9,14,17H,10-13H2,1-5H3,(H2,23,26)(H,24,27)(H,25,28). The minimum absolute atomic E-state index is 0.0727. The maximum atomic E-state index is 12.0. The fourth-order valence-electron chi connectivity index (χ4n) is 2.45. The number of alkyl carbamates (subject to hydrolysis) is 1. The predicted octanol–water partition coefficient (Wildman–Crippen LogP) is 3.23. The molecule has 0 fully saturated rings. The molecule has 0 bridgehead atoms. The molecular weight excluding hydrogens is 408 g/mol. The van der Waals surface area contributed by atoms with Crippen molar-refractivity contribution in [2.75, 3.05) is 13.2 Å². The van der Waals surface area contributed by atoms with Crippen LogP contribution in [0, 0.1) is 5.92 Å². The van der Waals surface area contributed by atoms with Gasteiger partial charge in [-0.05, 0) is 57.2 Å². The van der Waals surface area contributed by atoms with Gasteiger partial charge in [-0.1, -0.05) is 42.7 Å². The molecule has 0 aliphatic heterocycles. The number of benzene rings is 1. The Bertz CT molecular complexity index is 715. The van der Waals surface area contributed by atoms with Crippen molar-refractivity contribution in [3.05, 3.63) is 34.9 Å². The first kappa shape index (κ1) is 25.6. The van der Waals surface area contributed by atoms with Crippen LogP contribution in [0.2, 0.25) is 5.02 Å². The normalized spacial score (nSPS) is 13.0. The van der Waals surface area contributed by atoms with Crippen molar-refractivity contribution in [3.8, 4) is 0 Å². The average Bonchev–Trinajstić information content (AvgIpc) is 2.60. The molecule has 0 aliphatic rings. The Morgan fingerprint density at radius 3 is 2.40 bits per heavy atom. The molecule has 4 N–H and O–H groups in total. The van der Waals surface area contributed by atoms with Crippen LogP contribution in [0.15, 0.2) is 29.4 Å². The maximum absolute atomic E-state index is 12.0. The Morgan fingerprint density at radius 2 is 1.83 bits per heavy atom. The number of nitrogens with zero attached hydrogens (tertiary/aromatic N) is 1. The number of halogens is 1. The second-order valence-corrected chi connectivity index (χ2v) is 8.78. The highest BCUT2D eigenvalue weighted by atomic mass is 35.5. The Hall–Kier alpha value is -2.48. The number of nitrogens with one attached hydrogen (secondary N) is 2. The molecule has 168 valence electrons. The second-order valence-electron chi connectivity index (χ2n) is 8.34. The Balaban J connectivity index is 2.46. The van der Waals surface area contributed by atoms with Crippen LogP contribution < -0.4 is 16.4 Å². The van der Waals surface area contributed by atoms with Crippen molar-refractivity contribution in [2.45, 2.75) is 59.1 Å². The molecule has 0 radical (unpaired) electrons. The van der Waals surface area contributed by atoms with Gasteiger partial charge in [0.15, 0.2) is 12.4 Å². The van der Waals surface area contributed by atoms with Crippen LogP contribution in [0.1, 0.15) is 46.6 Å². The van der Waals surface area contributed by atoms with Crippen LogP contribution in [-0.4, -0.2) is 42.6 Å². The maximum Gasteiger partial charge on any atom is 0.408 e. The van der Waals surface area contributed by atoms with Gasteiger partial charge in [0.2, 0.25) is 0 Å². The van der Waals surface area contributed by atoms with Gasteiger partial charge in [0.05, 0.1) is 6.04 Å². The molecule has 0 saturated heterocycles. The minimum atomic E-state index is -0.626. The van der Waals surface area contributed by atoms with Crippen LogP contribution in [0.25, 0.3) is 0 Å². The molecule has 1 rings (SSSR count). The molecule has 1 atom stereocenters. The van der Waals surface area contributed by atoms with Gasteiger partial charge in [0.1, 0.15) is 5.60 Å². The quantitative estimate of drug-likeness (QED) is 0.293. The molecule has 30 heavy (non-hydrogen) atoms. The van der Waals surface area contributed by atoms with Gasteiger partial charge < -0.3 is 25.9 Å². The predicted molar refractivity (Wildman–Crippen MR) is 118 cm³/mol. The van der Waals surface area contributed by atoms with Gasteiger partial charge >= 0.3 is 6.09 Å². The third-order valence-electron chi connectivity index (χ3n) is 3.77. The summed E-state index contributed by atoms with van der Waals surface area (Å²) in [6, 6.07) is 6.86. The molecule has 1 aromatic rings. The summed E-state index contributed by atoms with van der Waals surface area (Å²) in [6.07, 6.45) is 0.627. The molecule has 0 heterocycles. The van der Waals surface area contributed by atoms with Crippen LogP contribution in [0.4, 0.5) is 4.79 Å². The molecule has 1 unspecified atom stereocenters. The van der Waals surface area contributed by atoms with E-state index in [-0.39, 0.29) is 24.3 Å². The van der Waals surface area contributed by atoms with E-state index in [0.29, 0.717) is 24.4 Å². The van der Waals surface area contributed by atoms with Crippen molar-refractivity contribution in [1.82, 2.24) is 10.6 Å². The highest BCUT2D eigenvalue weighted by Crippen LogP contribution is 2.10. The molecule has 0 saturated carbocycles. The lowest BCUT2D eigenvalue weighted by molar-refractivity contribution is -0.125. The average molecular weight is 441 g/mol. The third-order valence-corrected chi connectivity index (χ3v) is 4.02. The zero-order chi connectivity index (χ0) is 22.7. The second kappa shape index (κ2) is 12.3. The summed E-state index contributed by atoms with van der Waals surface area (Å²) in [6.45, 7) is 9.49. The number of carbonyl (C=O) groups is 2. The summed E-state index contributed by atoms with van der Waals surface area (Å²) in [4.78, 5) is 29.0. The number of carbonyl (C=O) groups excluding carboxylic acids is 2. The lowest BCUT2D eigenvalue weighted by Gasteiger charge is -2.24. The van der Waals surface area contributed by atoms with Gasteiger partial charge in [-0.3, -0.25) is 4.79 Å². The van der Waals surface area contributed by atoms with Crippen molar-refractivity contribution in [3.63, 3.8) is 0 Å². The first-order chi connectivity index (χ1) is 14.0. The first-order valence-corrected chi connectivity index (χ1v) is 10.3. The van der Waals surface area contributed by atoms with E-state index in [4.69, 9.17) is 26.9 Å². The van der Waals surface area contributed by atoms with Crippen molar-refractivity contribution >= 4 is 29.4 Å². The van der Waals surface area contributed by atoms with E-state index in [0.717, 1.165) is 5.56 Å². The van der Waals surface area contributed by atoms with Gasteiger partial charge in [0, 0.05) is 11.6 Å². The summed E-state index contributed by atoms with van der Waals surface area (Å²) >= 11 is 5.85. The van der Waals surface area contributed by atoms with Crippen LogP contribution >= 0.6 is 11.6 Å². The number of hydrogen-bond donors (Lipinski definition) is 3. The summed E-state index contributed by atoms with van der Waals surface area (Å²) in [5.74, 6) is -0.000554. The minimum Gasteiger partial charge on any atom is -0.444 e. The zero-order valence-corrected chi connectivity index (χ0v) is 19.1. The lowest BCUT2D eigenvalue weighted by atomic mass is 10.0. The summed E-state index contributed by atoms with van der Waals surface area (Å²) in [7, 11) is 0. The van der Waals surface area contributed by atoms with E-state index in [2.05, 4.69) is 15.8 Å². The van der Waals surface area contributed by atoms with Crippen LogP contribution in [-0.2, 0) is 20.8 Å². The molecule has 1 aromatic carbocycles. The SMILES string of the molecule is CC(C)CC(NC(=O)OC(C)(C)C)/C(N)=N/OCC(=O)NCCc1ccc(Cl)cc1. The molecular formula is C21H33ClN4O4. The number of nitrogens with two attached hydrogens (primary N) is 1. The number of amides is 2.